The fourth-order valence-corrected chi connectivity index (χ4v) is 2.85. The second-order valence-electron chi connectivity index (χ2n) is 3.98. The van der Waals surface area contributed by atoms with Gasteiger partial charge in [-0.1, -0.05) is 6.07 Å². The molecule has 0 N–H and O–H groups in total. The molecule has 2 rings (SSSR count). The quantitative estimate of drug-likeness (QED) is 0.746. The van der Waals surface area contributed by atoms with Gasteiger partial charge in [0.15, 0.2) is 0 Å². The van der Waals surface area contributed by atoms with E-state index < -0.39 is 15.5 Å². The van der Waals surface area contributed by atoms with Crippen LogP contribution >= 0.6 is 0 Å². The van der Waals surface area contributed by atoms with E-state index in [1.165, 1.54) is 0 Å². The van der Waals surface area contributed by atoms with E-state index in [0.29, 0.717) is 18.6 Å². The zero-order valence-corrected chi connectivity index (χ0v) is 9.76. The van der Waals surface area contributed by atoms with Gasteiger partial charge in [0.1, 0.15) is 5.75 Å². The van der Waals surface area contributed by atoms with Crippen molar-refractivity contribution < 1.29 is 17.0 Å². The van der Waals surface area contributed by atoms with Crippen LogP contribution in [0.5, 0.6) is 5.75 Å². The molecule has 0 bridgehead atoms. The van der Waals surface area contributed by atoms with E-state index in [1.54, 1.807) is 13.2 Å². The van der Waals surface area contributed by atoms with Crippen LogP contribution in [0, 0.1) is 0 Å². The van der Waals surface area contributed by atoms with Gasteiger partial charge in [-0.2, -0.15) is 8.42 Å². The summed E-state index contributed by atoms with van der Waals surface area (Å²) in [6.45, 7) is 0. The Hall–Kier alpha value is -1.10. The highest BCUT2D eigenvalue weighted by Crippen LogP contribution is 2.28. The highest BCUT2D eigenvalue weighted by atomic mass is 32.3. The van der Waals surface area contributed by atoms with E-state index in [9.17, 15) is 12.3 Å². The molecule has 1 aromatic carbocycles. The Morgan fingerprint density at radius 3 is 2.75 bits per heavy atom. The van der Waals surface area contributed by atoms with Crippen LogP contribution in [-0.4, -0.2) is 20.8 Å². The zero-order chi connectivity index (χ0) is 11.8. The standard InChI is InChI=1S/C11H13FO3S/c1-15-10-4-2-8-3-5-11(16(12,13)14)7-9(8)6-10/h2,4,6,11H,3,5,7H2,1H3. The number of benzene rings is 1. The Labute approximate surface area is 94.5 Å². The third-order valence-electron chi connectivity index (χ3n) is 2.99. The smallest absolute Gasteiger partial charge is 0.305 e. The van der Waals surface area contributed by atoms with Crippen LogP contribution in [0.1, 0.15) is 17.5 Å². The first-order chi connectivity index (χ1) is 7.50. The molecule has 0 saturated carbocycles. The predicted octanol–water partition coefficient (Wildman–Crippen LogP) is 1.85. The minimum absolute atomic E-state index is 0.241. The molecular weight excluding hydrogens is 231 g/mol. The van der Waals surface area contributed by atoms with E-state index in [4.69, 9.17) is 4.74 Å². The molecule has 0 fully saturated rings. The van der Waals surface area contributed by atoms with Crippen molar-refractivity contribution in [2.75, 3.05) is 7.11 Å². The van der Waals surface area contributed by atoms with Gasteiger partial charge in [-0.25, -0.2) is 0 Å². The number of hydrogen-bond acceptors (Lipinski definition) is 3. The SMILES string of the molecule is COc1ccc2c(c1)CC(S(=O)(=O)F)CC2. The lowest BCUT2D eigenvalue weighted by molar-refractivity contribution is 0.413. The zero-order valence-electron chi connectivity index (χ0n) is 8.94. The normalized spacial score (nSPS) is 20.2. The molecule has 1 aliphatic rings. The molecule has 88 valence electrons. The Bertz CT molecular complexity index is 496. The van der Waals surface area contributed by atoms with E-state index in [0.717, 1.165) is 11.1 Å². The van der Waals surface area contributed by atoms with Gasteiger partial charge < -0.3 is 4.74 Å². The monoisotopic (exact) mass is 244 g/mol. The molecule has 0 radical (unpaired) electrons. The number of methoxy groups -OCH3 is 1. The molecular formula is C11H13FO3S. The molecule has 0 aromatic heterocycles. The van der Waals surface area contributed by atoms with Gasteiger partial charge in [0.2, 0.25) is 0 Å². The van der Waals surface area contributed by atoms with Crippen molar-refractivity contribution >= 4 is 10.2 Å². The molecule has 16 heavy (non-hydrogen) atoms. The molecule has 1 aromatic rings. The third kappa shape index (κ3) is 2.19. The van der Waals surface area contributed by atoms with Gasteiger partial charge in [0, 0.05) is 0 Å². The summed E-state index contributed by atoms with van der Waals surface area (Å²) in [6.07, 6.45) is 1.21. The maximum atomic E-state index is 12.9. The van der Waals surface area contributed by atoms with Gasteiger partial charge in [-0.05, 0) is 42.5 Å². The van der Waals surface area contributed by atoms with Crippen molar-refractivity contribution in [3.63, 3.8) is 0 Å². The molecule has 0 saturated heterocycles. The summed E-state index contributed by atoms with van der Waals surface area (Å²) >= 11 is 0. The number of aryl methyl sites for hydroxylation is 1. The van der Waals surface area contributed by atoms with Crippen molar-refractivity contribution in [1.82, 2.24) is 0 Å². The molecule has 0 amide bonds. The van der Waals surface area contributed by atoms with Crippen LogP contribution in [0.25, 0.3) is 0 Å². The molecule has 5 heteroatoms. The Balaban J connectivity index is 2.32. The fourth-order valence-electron chi connectivity index (χ4n) is 2.07. The van der Waals surface area contributed by atoms with E-state index in [1.807, 2.05) is 12.1 Å². The summed E-state index contributed by atoms with van der Waals surface area (Å²) in [4.78, 5) is 0. The summed E-state index contributed by atoms with van der Waals surface area (Å²) in [5.74, 6) is 0.677. The first-order valence-electron chi connectivity index (χ1n) is 5.10. The largest absolute Gasteiger partial charge is 0.497 e. The average Bonchev–Trinajstić information content (AvgIpc) is 2.26. The first kappa shape index (κ1) is 11.4. The Morgan fingerprint density at radius 1 is 1.38 bits per heavy atom. The summed E-state index contributed by atoms with van der Waals surface area (Å²) in [6, 6.07) is 5.53. The minimum Gasteiger partial charge on any atom is -0.497 e. The Kier molecular flexibility index (Phi) is 2.88. The molecule has 0 aliphatic heterocycles. The summed E-state index contributed by atoms with van der Waals surface area (Å²) in [7, 11) is -2.88. The van der Waals surface area contributed by atoms with Crippen LogP contribution in [0.4, 0.5) is 3.89 Å². The molecule has 0 spiro atoms. The van der Waals surface area contributed by atoms with Gasteiger partial charge in [0.25, 0.3) is 0 Å². The van der Waals surface area contributed by atoms with Gasteiger partial charge >= 0.3 is 10.2 Å². The number of fused-ring (bicyclic) bond motifs is 1. The van der Waals surface area contributed by atoms with Crippen molar-refractivity contribution in [3.8, 4) is 5.75 Å². The number of hydrogen-bond donors (Lipinski definition) is 0. The van der Waals surface area contributed by atoms with Crippen LogP contribution in [0.3, 0.4) is 0 Å². The van der Waals surface area contributed by atoms with Crippen LogP contribution in [0.15, 0.2) is 18.2 Å². The fraction of sp³-hybridized carbons (Fsp3) is 0.455. The van der Waals surface area contributed by atoms with Gasteiger partial charge in [-0.15, -0.1) is 3.89 Å². The third-order valence-corrected chi connectivity index (χ3v) is 4.19. The maximum Gasteiger partial charge on any atom is 0.305 e. The average molecular weight is 244 g/mol. The lowest BCUT2D eigenvalue weighted by Gasteiger charge is -2.21. The molecule has 1 unspecified atom stereocenters. The topological polar surface area (TPSA) is 43.4 Å². The van der Waals surface area contributed by atoms with Crippen LogP contribution in [-0.2, 0) is 23.1 Å². The predicted molar refractivity (Wildman–Crippen MR) is 58.8 cm³/mol. The van der Waals surface area contributed by atoms with Gasteiger partial charge in [-0.3, -0.25) is 0 Å². The van der Waals surface area contributed by atoms with Crippen LogP contribution in [0.2, 0.25) is 0 Å². The van der Waals surface area contributed by atoms with Crippen molar-refractivity contribution in [2.45, 2.75) is 24.5 Å². The molecule has 3 nitrogen and oxygen atoms in total. The maximum absolute atomic E-state index is 12.9. The lowest BCUT2D eigenvalue weighted by atomic mass is 9.91. The van der Waals surface area contributed by atoms with E-state index in [-0.39, 0.29) is 6.42 Å². The van der Waals surface area contributed by atoms with Crippen molar-refractivity contribution in [2.24, 2.45) is 0 Å². The highest BCUT2D eigenvalue weighted by molar-refractivity contribution is 7.87. The highest BCUT2D eigenvalue weighted by Gasteiger charge is 2.29. The van der Waals surface area contributed by atoms with E-state index >= 15 is 0 Å². The van der Waals surface area contributed by atoms with E-state index in [2.05, 4.69) is 0 Å². The first-order valence-corrected chi connectivity index (χ1v) is 6.54. The van der Waals surface area contributed by atoms with Crippen molar-refractivity contribution in [3.05, 3.63) is 29.3 Å². The summed E-state index contributed by atoms with van der Waals surface area (Å²) in [5, 5.41) is -0.896. The molecule has 0 heterocycles. The summed E-state index contributed by atoms with van der Waals surface area (Å²) < 4.78 is 39.7. The Morgan fingerprint density at radius 2 is 2.12 bits per heavy atom. The van der Waals surface area contributed by atoms with Crippen LogP contribution < -0.4 is 4.74 Å². The lowest BCUT2D eigenvalue weighted by Crippen LogP contribution is -2.25. The van der Waals surface area contributed by atoms with Gasteiger partial charge in [0.05, 0.1) is 12.4 Å². The molecule has 1 aliphatic carbocycles. The molecule has 1 atom stereocenters. The second kappa shape index (κ2) is 4.05. The number of ether oxygens (including phenoxy) is 1. The number of rotatable bonds is 2. The second-order valence-corrected chi connectivity index (χ2v) is 5.59. The summed E-state index contributed by atoms with van der Waals surface area (Å²) in [5.41, 5.74) is 1.96. The van der Waals surface area contributed by atoms with Crippen molar-refractivity contribution in [1.29, 1.82) is 0 Å². The minimum atomic E-state index is -4.43. The number of halogens is 1.